The molecule has 1 aliphatic carbocycles. The lowest BCUT2D eigenvalue weighted by Gasteiger charge is -2.02. The highest BCUT2D eigenvalue weighted by atomic mass is 32.1. The number of aliphatic hydroxyl groups is 1. The van der Waals surface area contributed by atoms with Crippen LogP contribution in [0.3, 0.4) is 0 Å². The number of aliphatic hydroxyl groups excluding tert-OH is 1. The number of unbranched alkanes of at least 4 members (excludes halogenated alkanes) is 1. The van der Waals surface area contributed by atoms with Gasteiger partial charge in [-0.1, -0.05) is 0 Å². The number of amides is 2. The fourth-order valence-electron chi connectivity index (χ4n) is 1.62. The first-order valence-corrected chi connectivity index (χ1v) is 7.32. The fourth-order valence-corrected chi connectivity index (χ4v) is 2.45. The van der Waals surface area contributed by atoms with Gasteiger partial charge in [0.05, 0.1) is 9.88 Å². The van der Waals surface area contributed by atoms with Gasteiger partial charge >= 0.3 is 0 Å². The van der Waals surface area contributed by atoms with E-state index in [-0.39, 0.29) is 24.3 Å². The van der Waals surface area contributed by atoms with Crippen LogP contribution < -0.4 is 10.6 Å². The number of hydrogen-bond donors (Lipinski definition) is 3. The fraction of sp³-hybridized carbons (Fsp3) is 0.538. The molecule has 0 spiro atoms. The second kappa shape index (κ2) is 6.68. The summed E-state index contributed by atoms with van der Waals surface area (Å²) in [5, 5.41) is 15.0. The van der Waals surface area contributed by atoms with Crippen LogP contribution in [0, 0.1) is 5.92 Å². The Morgan fingerprint density at radius 1 is 1.32 bits per heavy atom. The molecular formula is C13H18N2O3S. The summed E-state index contributed by atoms with van der Waals surface area (Å²) in [5.41, 5.74) is 0. The number of nitrogens with one attached hydrogen (secondary N) is 2. The summed E-state index contributed by atoms with van der Waals surface area (Å²) in [7, 11) is 0. The maximum absolute atomic E-state index is 11.8. The third kappa shape index (κ3) is 4.33. The highest BCUT2D eigenvalue weighted by molar-refractivity contribution is 7.18. The Morgan fingerprint density at radius 3 is 2.79 bits per heavy atom. The maximum atomic E-state index is 11.8. The van der Waals surface area contributed by atoms with Crippen molar-refractivity contribution in [3.05, 3.63) is 17.0 Å². The van der Waals surface area contributed by atoms with Crippen molar-refractivity contribution in [2.75, 3.05) is 18.5 Å². The molecule has 0 atom stereocenters. The van der Waals surface area contributed by atoms with E-state index in [0.717, 1.165) is 24.3 Å². The van der Waals surface area contributed by atoms with Crippen LogP contribution in [0.4, 0.5) is 5.00 Å². The van der Waals surface area contributed by atoms with E-state index in [1.54, 1.807) is 12.1 Å². The molecule has 0 aliphatic heterocycles. The van der Waals surface area contributed by atoms with Crippen molar-refractivity contribution in [1.29, 1.82) is 0 Å². The molecule has 3 N–H and O–H groups in total. The molecule has 5 nitrogen and oxygen atoms in total. The highest BCUT2D eigenvalue weighted by Gasteiger charge is 2.29. The van der Waals surface area contributed by atoms with Gasteiger partial charge in [-0.15, -0.1) is 11.3 Å². The van der Waals surface area contributed by atoms with Gasteiger partial charge < -0.3 is 15.7 Å². The van der Waals surface area contributed by atoms with E-state index in [0.29, 0.717) is 17.8 Å². The van der Waals surface area contributed by atoms with Crippen LogP contribution in [0.5, 0.6) is 0 Å². The minimum absolute atomic E-state index is 0.0525. The van der Waals surface area contributed by atoms with Crippen molar-refractivity contribution < 1.29 is 14.7 Å². The van der Waals surface area contributed by atoms with Crippen molar-refractivity contribution in [2.45, 2.75) is 25.7 Å². The molecule has 2 amide bonds. The molecule has 1 heterocycles. The van der Waals surface area contributed by atoms with E-state index in [2.05, 4.69) is 10.6 Å². The topological polar surface area (TPSA) is 78.4 Å². The molecule has 0 bridgehead atoms. The Hall–Kier alpha value is -1.40. The van der Waals surface area contributed by atoms with Gasteiger partial charge in [0.25, 0.3) is 5.91 Å². The van der Waals surface area contributed by atoms with Gasteiger partial charge in [-0.3, -0.25) is 9.59 Å². The average molecular weight is 282 g/mol. The Morgan fingerprint density at radius 2 is 2.11 bits per heavy atom. The predicted octanol–water partition coefficient (Wildman–Crippen LogP) is 1.60. The summed E-state index contributed by atoms with van der Waals surface area (Å²) in [5.74, 6) is 0.0875. The second-order valence-electron chi connectivity index (χ2n) is 4.61. The van der Waals surface area contributed by atoms with Gasteiger partial charge in [-0.25, -0.2) is 0 Å². The summed E-state index contributed by atoms with van der Waals surface area (Å²) in [6.07, 6.45) is 3.39. The number of anilines is 1. The molecule has 1 saturated carbocycles. The zero-order chi connectivity index (χ0) is 13.7. The Labute approximate surface area is 116 Å². The maximum Gasteiger partial charge on any atom is 0.261 e. The molecule has 1 aromatic rings. The van der Waals surface area contributed by atoms with Gasteiger partial charge in [0, 0.05) is 19.1 Å². The van der Waals surface area contributed by atoms with E-state index in [4.69, 9.17) is 5.11 Å². The van der Waals surface area contributed by atoms with E-state index < -0.39 is 0 Å². The van der Waals surface area contributed by atoms with Gasteiger partial charge in [0.1, 0.15) is 0 Å². The Bertz CT molecular complexity index is 454. The number of rotatable bonds is 7. The molecular weight excluding hydrogens is 264 g/mol. The number of hydrogen-bond acceptors (Lipinski definition) is 4. The monoisotopic (exact) mass is 282 g/mol. The summed E-state index contributed by atoms with van der Waals surface area (Å²) in [6.45, 7) is 0.702. The van der Waals surface area contributed by atoms with Crippen LogP contribution in [-0.4, -0.2) is 30.1 Å². The van der Waals surface area contributed by atoms with Crippen molar-refractivity contribution in [3.63, 3.8) is 0 Å². The quantitative estimate of drug-likeness (QED) is 0.665. The third-order valence-corrected chi connectivity index (χ3v) is 3.89. The first-order valence-electron chi connectivity index (χ1n) is 6.50. The Kier molecular flexibility index (Phi) is 4.93. The van der Waals surface area contributed by atoms with E-state index in [1.807, 2.05) is 0 Å². The van der Waals surface area contributed by atoms with E-state index in [1.165, 1.54) is 11.3 Å². The molecule has 1 aromatic heterocycles. The second-order valence-corrected chi connectivity index (χ2v) is 5.70. The smallest absolute Gasteiger partial charge is 0.261 e. The molecule has 19 heavy (non-hydrogen) atoms. The Balaban J connectivity index is 1.78. The molecule has 0 aromatic carbocycles. The van der Waals surface area contributed by atoms with Crippen LogP contribution in [0.2, 0.25) is 0 Å². The minimum Gasteiger partial charge on any atom is -0.396 e. The van der Waals surface area contributed by atoms with Crippen LogP contribution in [-0.2, 0) is 4.79 Å². The number of carbonyl (C=O) groups is 2. The summed E-state index contributed by atoms with van der Waals surface area (Å²) >= 11 is 1.28. The van der Waals surface area contributed by atoms with Crippen LogP contribution >= 0.6 is 11.3 Å². The lowest BCUT2D eigenvalue weighted by molar-refractivity contribution is -0.117. The lowest BCUT2D eigenvalue weighted by atomic mass is 10.3. The first-order chi connectivity index (χ1) is 9.20. The van der Waals surface area contributed by atoms with Crippen molar-refractivity contribution >= 4 is 28.2 Å². The average Bonchev–Trinajstić information content (AvgIpc) is 3.15. The molecule has 0 radical (unpaired) electrons. The lowest BCUT2D eigenvalue weighted by Crippen LogP contribution is -2.23. The van der Waals surface area contributed by atoms with Crippen molar-refractivity contribution in [2.24, 2.45) is 5.92 Å². The summed E-state index contributed by atoms with van der Waals surface area (Å²) < 4.78 is 0. The number of thiophene rings is 1. The number of carbonyl (C=O) groups excluding carboxylic acids is 2. The van der Waals surface area contributed by atoms with Crippen molar-refractivity contribution in [3.8, 4) is 0 Å². The highest BCUT2D eigenvalue weighted by Crippen LogP contribution is 2.31. The van der Waals surface area contributed by atoms with E-state index >= 15 is 0 Å². The zero-order valence-corrected chi connectivity index (χ0v) is 11.5. The SMILES string of the molecule is O=C(NCCCCO)c1ccc(NC(=O)C2CC2)s1. The van der Waals surface area contributed by atoms with Crippen LogP contribution in [0.15, 0.2) is 12.1 Å². The van der Waals surface area contributed by atoms with Crippen LogP contribution in [0.1, 0.15) is 35.4 Å². The largest absolute Gasteiger partial charge is 0.396 e. The standard InChI is InChI=1S/C13H18N2O3S/c16-8-2-1-7-14-13(18)10-5-6-11(19-10)15-12(17)9-3-4-9/h5-6,9,16H,1-4,7-8H2,(H,14,18)(H,15,17). The molecule has 0 saturated heterocycles. The van der Waals surface area contributed by atoms with Gasteiger partial charge in [-0.05, 0) is 37.8 Å². The molecule has 1 fully saturated rings. The minimum atomic E-state index is -0.130. The third-order valence-electron chi connectivity index (χ3n) is 2.89. The van der Waals surface area contributed by atoms with E-state index in [9.17, 15) is 9.59 Å². The molecule has 104 valence electrons. The summed E-state index contributed by atoms with van der Waals surface area (Å²) in [6, 6.07) is 3.47. The molecule has 0 unspecified atom stereocenters. The summed E-state index contributed by atoms with van der Waals surface area (Å²) in [4.78, 5) is 23.9. The van der Waals surface area contributed by atoms with Gasteiger partial charge in [-0.2, -0.15) is 0 Å². The van der Waals surface area contributed by atoms with Gasteiger partial charge in [0.2, 0.25) is 5.91 Å². The zero-order valence-electron chi connectivity index (χ0n) is 10.6. The predicted molar refractivity (Wildman–Crippen MR) is 74.3 cm³/mol. The van der Waals surface area contributed by atoms with Crippen LogP contribution in [0.25, 0.3) is 0 Å². The first kappa shape index (κ1) is 14.0. The van der Waals surface area contributed by atoms with Crippen molar-refractivity contribution in [1.82, 2.24) is 5.32 Å². The molecule has 6 heteroatoms. The van der Waals surface area contributed by atoms with Gasteiger partial charge in [0.15, 0.2) is 0 Å². The molecule has 2 rings (SSSR count). The normalized spacial score (nSPS) is 14.2. The molecule has 1 aliphatic rings.